The Morgan fingerprint density at radius 2 is 1.77 bits per heavy atom. The van der Waals surface area contributed by atoms with Crippen LogP contribution in [-0.4, -0.2) is 29.1 Å². The fourth-order valence-electron chi connectivity index (χ4n) is 5.71. The Balaban J connectivity index is 2.37. The van der Waals surface area contributed by atoms with Crippen molar-refractivity contribution >= 4 is 11.8 Å². The number of esters is 1. The summed E-state index contributed by atoms with van der Waals surface area (Å²) in [6.45, 7) is 18.4. The number of aliphatic hydroxyl groups is 1. The van der Waals surface area contributed by atoms with E-state index < -0.39 is 23.4 Å². The van der Waals surface area contributed by atoms with E-state index in [0.717, 1.165) is 31.3 Å². The van der Waals surface area contributed by atoms with Crippen molar-refractivity contribution in [3.8, 4) is 0 Å². The Bertz CT molecular complexity index is 744. The summed E-state index contributed by atoms with van der Waals surface area (Å²) in [5.74, 6) is -0.432. The zero-order chi connectivity index (χ0) is 23.8. The van der Waals surface area contributed by atoms with Crippen molar-refractivity contribution in [2.45, 2.75) is 100 Å². The number of ether oxygens (including phenoxy) is 1. The highest BCUT2D eigenvalue weighted by molar-refractivity contribution is 5.90. The van der Waals surface area contributed by atoms with Crippen LogP contribution >= 0.6 is 0 Å². The number of hydrogen-bond donors (Lipinski definition) is 1. The molecule has 6 unspecified atom stereocenters. The first-order chi connectivity index (χ1) is 14.2. The summed E-state index contributed by atoms with van der Waals surface area (Å²) in [6, 6.07) is 0. The van der Waals surface area contributed by atoms with E-state index in [1.807, 2.05) is 26.8 Å². The van der Waals surface area contributed by atoms with Crippen LogP contribution in [0.4, 0.5) is 0 Å². The van der Waals surface area contributed by atoms with E-state index in [1.165, 1.54) is 6.08 Å². The summed E-state index contributed by atoms with van der Waals surface area (Å²) in [4.78, 5) is 25.7. The van der Waals surface area contributed by atoms with E-state index in [9.17, 15) is 14.7 Å². The number of cyclic esters (lactones) is 1. The lowest BCUT2D eigenvalue weighted by molar-refractivity contribution is -0.142. The molecule has 1 heterocycles. The summed E-state index contributed by atoms with van der Waals surface area (Å²) in [7, 11) is 0. The van der Waals surface area contributed by atoms with Crippen molar-refractivity contribution in [3.05, 3.63) is 23.8 Å². The van der Waals surface area contributed by atoms with Crippen LogP contribution in [0.5, 0.6) is 0 Å². The van der Waals surface area contributed by atoms with Gasteiger partial charge in [0.2, 0.25) is 0 Å². The van der Waals surface area contributed by atoms with Crippen molar-refractivity contribution in [2.75, 3.05) is 0 Å². The van der Waals surface area contributed by atoms with Gasteiger partial charge in [0.05, 0.1) is 6.10 Å². The molecule has 0 amide bonds. The molecule has 1 saturated carbocycles. The minimum atomic E-state index is -0.849. The summed E-state index contributed by atoms with van der Waals surface area (Å²) >= 11 is 0. The molecule has 4 nitrogen and oxygen atoms in total. The van der Waals surface area contributed by atoms with Gasteiger partial charge in [0.1, 0.15) is 11.9 Å². The predicted octanol–water partition coefficient (Wildman–Crippen LogP) is 5.89. The largest absolute Gasteiger partial charge is 0.455 e. The van der Waals surface area contributed by atoms with Crippen LogP contribution in [0.3, 0.4) is 0 Å². The second-order valence-electron chi connectivity index (χ2n) is 11.5. The lowest BCUT2D eigenvalue weighted by Gasteiger charge is -2.30. The highest BCUT2D eigenvalue weighted by Crippen LogP contribution is 2.72. The molecule has 2 rings (SSSR count). The van der Waals surface area contributed by atoms with Crippen LogP contribution < -0.4 is 0 Å². The van der Waals surface area contributed by atoms with E-state index in [2.05, 4.69) is 20.8 Å². The van der Waals surface area contributed by atoms with Gasteiger partial charge >= 0.3 is 5.97 Å². The van der Waals surface area contributed by atoms with Crippen molar-refractivity contribution < 1.29 is 19.4 Å². The number of Topliss-reactive ketones (excluding diaryl/α,β-unsaturated/α-hetero) is 1. The third kappa shape index (κ3) is 5.16. The number of ketones is 1. The number of allylic oxidation sites excluding steroid dienone is 2. The Kier molecular flexibility index (Phi) is 7.68. The normalized spacial score (nSPS) is 40.6. The maximum atomic E-state index is 13.1. The molecule has 31 heavy (non-hydrogen) atoms. The molecule has 0 saturated heterocycles. The molecule has 2 aliphatic rings. The van der Waals surface area contributed by atoms with Crippen molar-refractivity contribution in [2.24, 2.45) is 34.0 Å². The zero-order valence-corrected chi connectivity index (χ0v) is 21.1. The monoisotopic (exact) mass is 432 g/mol. The van der Waals surface area contributed by atoms with E-state index in [-0.39, 0.29) is 28.6 Å². The molecule has 0 bridgehead atoms. The predicted molar refractivity (Wildman–Crippen MR) is 125 cm³/mol. The molecule has 0 radical (unpaired) electrons. The molecular formula is C27H44O4. The topological polar surface area (TPSA) is 63.6 Å². The maximum Gasteiger partial charge on any atom is 0.331 e. The van der Waals surface area contributed by atoms with Gasteiger partial charge in [0.25, 0.3) is 0 Å². The Hall–Kier alpha value is -1.42. The molecular weight excluding hydrogens is 388 g/mol. The third-order valence-electron chi connectivity index (χ3n) is 8.84. The Morgan fingerprint density at radius 3 is 2.35 bits per heavy atom. The van der Waals surface area contributed by atoms with Crippen LogP contribution in [0.25, 0.3) is 0 Å². The highest BCUT2D eigenvalue weighted by atomic mass is 16.5. The van der Waals surface area contributed by atoms with Gasteiger partial charge in [-0.2, -0.15) is 0 Å². The molecule has 1 aliphatic carbocycles. The summed E-state index contributed by atoms with van der Waals surface area (Å²) in [6.07, 6.45) is 7.92. The number of fused-ring (bicyclic) bond motifs is 1. The van der Waals surface area contributed by atoms with Crippen molar-refractivity contribution in [1.29, 1.82) is 0 Å². The van der Waals surface area contributed by atoms with Crippen LogP contribution in [0.1, 0.15) is 88.0 Å². The zero-order valence-electron chi connectivity index (χ0n) is 21.1. The maximum absolute atomic E-state index is 13.1. The molecule has 0 spiro atoms. The molecule has 0 aromatic carbocycles. The average Bonchev–Trinajstić information content (AvgIpc) is 3.12. The summed E-state index contributed by atoms with van der Waals surface area (Å²) in [5.41, 5.74) is 0.585. The Morgan fingerprint density at radius 1 is 1.16 bits per heavy atom. The number of carbonyl (C=O) groups is 2. The van der Waals surface area contributed by atoms with Crippen LogP contribution in [-0.2, 0) is 14.3 Å². The minimum Gasteiger partial charge on any atom is -0.455 e. The van der Waals surface area contributed by atoms with Gasteiger partial charge in [0, 0.05) is 17.4 Å². The first kappa shape index (κ1) is 25.8. The number of aliphatic hydroxyl groups excluding tert-OH is 1. The molecule has 4 heteroatoms. The van der Waals surface area contributed by atoms with Gasteiger partial charge < -0.3 is 9.84 Å². The molecule has 1 fully saturated rings. The van der Waals surface area contributed by atoms with E-state index in [4.69, 9.17) is 4.74 Å². The molecule has 6 atom stereocenters. The van der Waals surface area contributed by atoms with Crippen molar-refractivity contribution in [1.82, 2.24) is 0 Å². The van der Waals surface area contributed by atoms with Gasteiger partial charge in [-0.25, -0.2) is 4.79 Å². The first-order valence-corrected chi connectivity index (χ1v) is 11.9. The Labute approximate surface area is 189 Å². The van der Waals surface area contributed by atoms with Crippen molar-refractivity contribution in [3.63, 3.8) is 0 Å². The van der Waals surface area contributed by atoms with Gasteiger partial charge in [-0.1, -0.05) is 53.2 Å². The van der Waals surface area contributed by atoms with E-state index in [1.54, 1.807) is 26.8 Å². The second kappa shape index (κ2) is 9.21. The SMILES string of the molecule is C/C=C(\C)C1CC2C(C)(C)C2(C)CCCC(C)C(O)C(C)C(=O)C(C)(C)/C=C/C(=O)O1. The quantitative estimate of drug-likeness (QED) is 0.415. The molecule has 176 valence electrons. The van der Waals surface area contributed by atoms with E-state index in [0.29, 0.717) is 5.92 Å². The lowest BCUT2D eigenvalue weighted by Crippen LogP contribution is -2.38. The van der Waals surface area contributed by atoms with Crippen LogP contribution in [0.2, 0.25) is 0 Å². The van der Waals surface area contributed by atoms with Gasteiger partial charge in [0.15, 0.2) is 0 Å². The smallest absolute Gasteiger partial charge is 0.331 e. The van der Waals surface area contributed by atoms with Crippen LogP contribution in [0, 0.1) is 34.0 Å². The molecule has 0 aromatic heterocycles. The van der Waals surface area contributed by atoms with Gasteiger partial charge in [-0.05, 0) is 75.2 Å². The number of hydrogen-bond acceptors (Lipinski definition) is 4. The molecule has 1 aliphatic heterocycles. The third-order valence-corrected chi connectivity index (χ3v) is 8.84. The number of carbonyl (C=O) groups excluding carboxylic acids is 2. The minimum absolute atomic E-state index is 0.0542. The fraction of sp³-hybridized carbons (Fsp3) is 0.778. The molecule has 0 aromatic rings. The van der Waals surface area contributed by atoms with Gasteiger partial charge in [-0.15, -0.1) is 0 Å². The number of rotatable bonds is 1. The first-order valence-electron chi connectivity index (χ1n) is 11.9. The lowest BCUT2D eigenvalue weighted by atomic mass is 9.76. The molecule has 1 N–H and O–H groups in total. The summed E-state index contributed by atoms with van der Waals surface area (Å²) in [5, 5.41) is 10.8. The standard InChI is InChI=1S/C27H44O4/c1-10-17(2)20-16-21-26(7,8)27(21,9)14-11-12-18(3)23(29)19(4)24(30)25(5,6)15-13-22(28)31-20/h10,13,15,18-21,23,29H,11-12,14,16H2,1-9H3/b15-13+,17-10+. The van der Waals surface area contributed by atoms with Crippen LogP contribution in [0.15, 0.2) is 23.8 Å². The second-order valence-corrected chi connectivity index (χ2v) is 11.5. The fourth-order valence-corrected chi connectivity index (χ4v) is 5.71. The van der Waals surface area contributed by atoms with Gasteiger partial charge in [-0.3, -0.25) is 4.79 Å². The average molecular weight is 433 g/mol. The highest BCUT2D eigenvalue weighted by Gasteiger charge is 2.66. The van der Waals surface area contributed by atoms with E-state index >= 15 is 0 Å². The summed E-state index contributed by atoms with van der Waals surface area (Å²) < 4.78 is 5.88.